The molecule has 1 heterocycles. The summed E-state index contributed by atoms with van der Waals surface area (Å²) in [5.74, 6) is -0.0125. The largest absolute Gasteiger partial charge is 0.327 e. The predicted octanol–water partition coefficient (Wildman–Crippen LogP) is 3.84. The van der Waals surface area contributed by atoms with Gasteiger partial charge in [-0.2, -0.15) is 5.10 Å². The lowest BCUT2D eigenvalue weighted by atomic mass is 10.0. The monoisotopic (exact) mass is 406 g/mol. The number of nitrogens with one attached hydrogen (secondary N) is 2. The van der Waals surface area contributed by atoms with Crippen molar-refractivity contribution in [1.82, 2.24) is 10.2 Å². The lowest BCUT2D eigenvalue weighted by Gasteiger charge is -2.13. The molecule has 0 saturated carbocycles. The van der Waals surface area contributed by atoms with Crippen molar-refractivity contribution < 1.29 is 4.79 Å². The highest BCUT2D eigenvalue weighted by atomic mass is 79.9. The summed E-state index contributed by atoms with van der Waals surface area (Å²) in [6, 6.07) is 7.04. The molecule has 22 heavy (non-hydrogen) atoms. The average Bonchev–Trinajstić information content (AvgIpc) is 2.88. The number of amides is 1. The Hall–Kier alpha value is -1.08. The third-order valence-corrected chi connectivity index (χ3v) is 4.07. The number of aromatic nitrogens is 2. The van der Waals surface area contributed by atoms with Crippen molar-refractivity contribution in [2.45, 2.75) is 19.9 Å². The molecule has 0 radical (unpaired) electrons. The molecule has 0 spiro atoms. The van der Waals surface area contributed by atoms with Crippen molar-refractivity contribution in [1.29, 1.82) is 0 Å². The van der Waals surface area contributed by atoms with Gasteiger partial charge in [-0.3, -0.25) is 9.89 Å². The Labute approximate surface area is 148 Å². The Balaban J connectivity index is 0.00000242. The van der Waals surface area contributed by atoms with Crippen molar-refractivity contribution >= 4 is 51.7 Å². The van der Waals surface area contributed by atoms with Crippen LogP contribution in [0.4, 0.5) is 5.82 Å². The fourth-order valence-corrected chi connectivity index (χ4v) is 2.29. The number of nitrogens with two attached hydrogens (primary N) is 1. The van der Waals surface area contributed by atoms with E-state index in [4.69, 9.17) is 17.3 Å². The van der Waals surface area contributed by atoms with Gasteiger partial charge in [0, 0.05) is 22.1 Å². The van der Waals surface area contributed by atoms with Crippen molar-refractivity contribution in [3.05, 3.63) is 33.8 Å². The molecular weight excluding hydrogens is 391 g/mol. The minimum atomic E-state index is -0.292. The normalized spacial score (nSPS) is 13.1. The number of rotatable bonds is 4. The quantitative estimate of drug-likeness (QED) is 0.719. The van der Waals surface area contributed by atoms with Crippen molar-refractivity contribution in [2.24, 2.45) is 11.7 Å². The topological polar surface area (TPSA) is 83.8 Å². The van der Waals surface area contributed by atoms with Gasteiger partial charge in [0.15, 0.2) is 5.82 Å². The van der Waals surface area contributed by atoms with Crippen LogP contribution in [-0.2, 0) is 4.79 Å². The van der Waals surface area contributed by atoms with Gasteiger partial charge in [-0.1, -0.05) is 34.5 Å². The van der Waals surface area contributed by atoms with E-state index in [2.05, 4.69) is 31.4 Å². The van der Waals surface area contributed by atoms with Crippen LogP contribution >= 0.6 is 39.9 Å². The van der Waals surface area contributed by atoms with E-state index in [-0.39, 0.29) is 30.3 Å². The van der Waals surface area contributed by atoms with E-state index in [9.17, 15) is 4.79 Å². The van der Waals surface area contributed by atoms with E-state index in [0.717, 1.165) is 15.7 Å². The van der Waals surface area contributed by atoms with Crippen LogP contribution in [0.5, 0.6) is 0 Å². The molecule has 2 unspecified atom stereocenters. The van der Waals surface area contributed by atoms with E-state index >= 15 is 0 Å². The minimum Gasteiger partial charge on any atom is -0.327 e. The summed E-state index contributed by atoms with van der Waals surface area (Å²) in [5, 5.41) is 10.3. The smallest absolute Gasteiger partial charge is 0.229 e. The molecule has 4 N–H and O–H groups in total. The van der Waals surface area contributed by atoms with Gasteiger partial charge in [0.05, 0.1) is 16.6 Å². The SMILES string of the molecule is CC(N)C(C)C(=O)Nc1cc(-c2cc(Br)ccc2Cl)[nH]n1.Cl. The summed E-state index contributed by atoms with van der Waals surface area (Å²) in [4.78, 5) is 11.9. The Kier molecular flexibility index (Phi) is 6.87. The molecule has 0 aliphatic rings. The second kappa shape index (κ2) is 7.97. The first-order valence-corrected chi connectivity index (χ1v) is 7.63. The maximum atomic E-state index is 11.9. The minimum absolute atomic E-state index is 0. The second-order valence-electron chi connectivity index (χ2n) is 4.93. The first-order chi connectivity index (χ1) is 9.88. The number of benzene rings is 1. The zero-order valence-electron chi connectivity index (χ0n) is 12.1. The number of anilines is 1. The Morgan fingerprint density at radius 3 is 2.73 bits per heavy atom. The molecule has 2 rings (SSSR count). The summed E-state index contributed by atoms with van der Waals surface area (Å²) in [6.45, 7) is 3.57. The van der Waals surface area contributed by atoms with Gasteiger partial charge < -0.3 is 11.1 Å². The lowest BCUT2D eigenvalue weighted by Crippen LogP contribution is -2.34. The van der Waals surface area contributed by atoms with Crippen LogP contribution in [0.3, 0.4) is 0 Å². The first kappa shape index (κ1) is 19.0. The number of hydrogen-bond donors (Lipinski definition) is 3. The summed E-state index contributed by atoms with van der Waals surface area (Å²) >= 11 is 9.56. The molecule has 0 fully saturated rings. The van der Waals surface area contributed by atoms with E-state index in [1.54, 1.807) is 26.0 Å². The first-order valence-electron chi connectivity index (χ1n) is 6.45. The maximum absolute atomic E-state index is 11.9. The highest BCUT2D eigenvalue weighted by Gasteiger charge is 2.18. The fraction of sp³-hybridized carbons (Fsp3) is 0.286. The third kappa shape index (κ3) is 4.46. The summed E-state index contributed by atoms with van der Waals surface area (Å²) in [7, 11) is 0. The van der Waals surface area contributed by atoms with E-state index in [1.165, 1.54) is 0 Å². The van der Waals surface area contributed by atoms with E-state index in [1.807, 2.05) is 12.1 Å². The van der Waals surface area contributed by atoms with Gasteiger partial charge in [0.25, 0.3) is 0 Å². The molecule has 8 heteroatoms. The van der Waals surface area contributed by atoms with Crippen LogP contribution < -0.4 is 11.1 Å². The Morgan fingerprint density at radius 2 is 2.09 bits per heavy atom. The van der Waals surface area contributed by atoms with Gasteiger partial charge in [0.2, 0.25) is 5.91 Å². The Morgan fingerprint density at radius 1 is 1.41 bits per heavy atom. The molecule has 120 valence electrons. The van der Waals surface area contributed by atoms with Crippen molar-refractivity contribution in [3.63, 3.8) is 0 Å². The molecule has 0 saturated heterocycles. The molecule has 0 bridgehead atoms. The van der Waals surface area contributed by atoms with Gasteiger partial charge in [0.1, 0.15) is 0 Å². The second-order valence-corrected chi connectivity index (χ2v) is 6.25. The molecule has 2 aromatic rings. The van der Waals surface area contributed by atoms with Crippen LogP contribution in [-0.4, -0.2) is 22.1 Å². The van der Waals surface area contributed by atoms with Gasteiger partial charge in [-0.05, 0) is 25.1 Å². The predicted molar refractivity (Wildman–Crippen MR) is 95.4 cm³/mol. The average molecular weight is 408 g/mol. The zero-order valence-corrected chi connectivity index (χ0v) is 15.2. The van der Waals surface area contributed by atoms with E-state index in [0.29, 0.717) is 10.8 Å². The molecule has 2 atom stereocenters. The maximum Gasteiger partial charge on any atom is 0.229 e. The van der Waals surface area contributed by atoms with E-state index < -0.39 is 0 Å². The fourth-order valence-electron chi connectivity index (χ4n) is 1.71. The van der Waals surface area contributed by atoms with Gasteiger partial charge in [-0.15, -0.1) is 12.4 Å². The van der Waals surface area contributed by atoms with Gasteiger partial charge in [-0.25, -0.2) is 0 Å². The zero-order chi connectivity index (χ0) is 15.6. The standard InChI is InChI=1S/C14H16BrClN4O.ClH/c1-7(8(2)17)14(21)18-13-6-12(19-20-13)10-5-9(15)3-4-11(10)16;/h3-8H,17H2,1-2H3,(H2,18,19,20,21);1H. The van der Waals surface area contributed by atoms with Crippen LogP contribution in [0.15, 0.2) is 28.7 Å². The van der Waals surface area contributed by atoms with Crippen LogP contribution in [0.1, 0.15) is 13.8 Å². The number of aromatic amines is 1. The Bertz CT molecular complexity index is 660. The molecule has 0 aliphatic heterocycles. The molecule has 1 amide bonds. The molecule has 1 aromatic carbocycles. The highest BCUT2D eigenvalue weighted by molar-refractivity contribution is 9.10. The summed E-state index contributed by atoms with van der Waals surface area (Å²) in [6.07, 6.45) is 0. The number of halogens is 3. The molecule has 1 aromatic heterocycles. The number of nitrogens with zero attached hydrogens (tertiary/aromatic N) is 1. The molecule has 0 aliphatic carbocycles. The van der Waals surface area contributed by atoms with Crippen LogP contribution in [0, 0.1) is 5.92 Å². The number of H-pyrrole nitrogens is 1. The number of carbonyl (C=O) groups excluding carboxylic acids is 1. The van der Waals surface area contributed by atoms with Crippen molar-refractivity contribution in [3.8, 4) is 11.3 Å². The van der Waals surface area contributed by atoms with Crippen molar-refractivity contribution in [2.75, 3.05) is 5.32 Å². The van der Waals surface area contributed by atoms with Crippen LogP contribution in [0.2, 0.25) is 5.02 Å². The number of hydrogen-bond acceptors (Lipinski definition) is 3. The lowest BCUT2D eigenvalue weighted by molar-refractivity contribution is -0.119. The number of carbonyl (C=O) groups is 1. The highest BCUT2D eigenvalue weighted by Crippen LogP contribution is 2.30. The summed E-state index contributed by atoms with van der Waals surface area (Å²) in [5.41, 5.74) is 7.24. The third-order valence-electron chi connectivity index (χ3n) is 3.25. The summed E-state index contributed by atoms with van der Waals surface area (Å²) < 4.78 is 0.910. The van der Waals surface area contributed by atoms with Crippen LogP contribution in [0.25, 0.3) is 11.3 Å². The molecular formula is C14H17BrCl2N4O. The molecule has 5 nitrogen and oxygen atoms in total. The van der Waals surface area contributed by atoms with Gasteiger partial charge >= 0.3 is 0 Å².